The molecule has 1 saturated carbocycles. The predicted molar refractivity (Wildman–Crippen MR) is 388 cm³/mol. The zero-order chi connectivity index (χ0) is 81.3. The third-order valence-corrected chi connectivity index (χ3v) is 17.8. The highest BCUT2D eigenvalue weighted by molar-refractivity contribution is 7.11. The van der Waals surface area contributed by atoms with E-state index in [4.69, 9.17) is 41.5 Å². The van der Waals surface area contributed by atoms with E-state index in [0.717, 1.165) is 56.4 Å². The molecule has 0 bridgehead atoms. The fourth-order valence-electron chi connectivity index (χ4n) is 11.2. The van der Waals surface area contributed by atoms with E-state index in [1.807, 2.05) is 13.0 Å². The molecule has 0 saturated heterocycles. The monoisotopic (exact) mass is 1630 g/mol. The topological polar surface area (TPSA) is 281 Å². The second-order valence-electron chi connectivity index (χ2n) is 25.1. The zero-order valence-corrected chi connectivity index (χ0v) is 60.8. The number of oxazole rings is 1. The van der Waals surface area contributed by atoms with E-state index < -0.39 is 31.6 Å². The van der Waals surface area contributed by atoms with E-state index in [1.165, 1.54) is 84.1 Å². The minimum Gasteiger partial charge on any atom is -0.468 e. The van der Waals surface area contributed by atoms with E-state index in [1.54, 1.807) is 142 Å². The van der Waals surface area contributed by atoms with Crippen molar-refractivity contribution in [2.45, 2.75) is 90.9 Å². The Hall–Kier alpha value is -13.9. The van der Waals surface area contributed by atoms with Gasteiger partial charge in [-0.05, 0) is 196 Å². The largest absolute Gasteiger partial charge is 0.573 e. The Morgan fingerprint density at radius 3 is 1.15 bits per heavy atom. The lowest BCUT2D eigenvalue weighted by Gasteiger charge is -2.10. The first-order valence-corrected chi connectivity index (χ1v) is 35.2. The van der Waals surface area contributed by atoms with E-state index in [9.17, 15) is 52.7 Å². The summed E-state index contributed by atoms with van der Waals surface area (Å²) >= 11 is 1.54. The van der Waals surface area contributed by atoms with Crippen LogP contribution in [0, 0.1) is 13.8 Å². The molecule has 0 radical (unpaired) electrons. The zero-order valence-electron chi connectivity index (χ0n) is 60.0. The number of rotatable bonds is 21. The van der Waals surface area contributed by atoms with Crippen LogP contribution in [0.25, 0.3) is 88.4 Å². The van der Waals surface area contributed by atoms with Crippen LogP contribution in [0.5, 0.6) is 46.5 Å². The molecular formula is C79H55F12N11O13S. The maximum Gasteiger partial charge on any atom is 0.573 e. The normalized spacial score (nSPS) is 12.6. The Morgan fingerprint density at radius 2 is 0.776 bits per heavy atom. The maximum atomic E-state index is 12.3. The lowest BCUT2D eigenvalue weighted by atomic mass is 10.0. The summed E-state index contributed by atoms with van der Waals surface area (Å²) in [4.78, 5) is 20.6. The molecule has 594 valence electrons. The smallest absolute Gasteiger partial charge is 0.468 e. The van der Waals surface area contributed by atoms with Crippen LogP contribution < -0.4 is 37.9 Å². The molecule has 0 N–H and O–H groups in total. The quantitative estimate of drug-likeness (QED) is 0.0604. The molecule has 1 aliphatic rings. The molecule has 116 heavy (non-hydrogen) atoms. The minimum atomic E-state index is -4.73. The molecule has 1 aliphatic carbocycles. The number of nitrogens with zero attached hydrogens (tertiary/aromatic N) is 11. The number of hydrogen-bond donors (Lipinski definition) is 0. The van der Waals surface area contributed by atoms with Crippen molar-refractivity contribution in [3.63, 3.8) is 0 Å². The Morgan fingerprint density at radius 1 is 0.405 bits per heavy atom. The van der Waals surface area contributed by atoms with Gasteiger partial charge >= 0.3 is 25.4 Å². The average Bonchev–Trinajstić information content (AvgIpc) is 1.63. The summed E-state index contributed by atoms with van der Waals surface area (Å²) in [5, 5.41) is 28.5. The Bertz CT molecular complexity index is 6000. The van der Waals surface area contributed by atoms with Crippen LogP contribution in [0.3, 0.4) is 0 Å². The van der Waals surface area contributed by atoms with E-state index in [0.29, 0.717) is 107 Å². The summed E-state index contributed by atoms with van der Waals surface area (Å²) in [6, 6.07) is 43.6. The number of halogens is 12. The van der Waals surface area contributed by atoms with Crippen molar-refractivity contribution in [2.24, 2.45) is 0 Å². The molecule has 8 aromatic carbocycles. The van der Waals surface area contributed by atoms with Gasteiger partial charge in [0, 0.05) is 30.7 Å². The second kappa shape index (κ2) is 33.8. The summed E-state index contributed by atoms with van der Waals surface area (Å²) < 4.78 is 213. The van der Waals surface area contributed by atoms with Gasteiger partial charge in [-0.3, -0.25) is 19.9 Å². The highest BCUT2D eigenvalue weighted by atomic mass is 32.1. The molecule has 0 aliphatic heterocycles. The molecular weight excluding hydrogens is 1570 g/mol. The Kier molecular flexibility index (Phi) is 23.0. The molecule has 1 atom stereocenters. The maximum absolute atomic E-state index is 12.3. The summed E-state index contributed by atoms with van der Waals surface area (Å²) in [7, 11) is 0. The number of hydrogen-bond acceptors (Lipinski definition) is 25. The van der Waals surface area contributed by atoms with Gasteiger partial charge in [0.2, 0.25) is 5.89 Å². The van der Waals surface area contributed by atoms with Crippen molar-refractivity contribution in [2.75, 3.05) is 0 Å². The van der Waals surface area contributed by atoms with Crippen LogP contribution in [0.4, 0.5) is 52.7 Å². The van der Waals surface area contributed by atoms with Crippen molar-refractivity contribution in [3.05, 3.63) is 246 Å². The predicted octanol–water partition coefficient (Wildman–Crippen LogP) is 21.4. The van der Waals surface area contributed by atoms with Gasteiger partial charge in [0.15, 0.2) is 33.4 Å². The van der Waals surface area contributed by atoms with Gasteiger partial charge in [-0.15, -0.1) is 62.9 Å². The van der Waals surface area contributed by atoms with Crippen molar-refractivity contribution in [1.82, 2.24) is 55.7 Å². The van der Waals surface area contributed by atoms with Crippen molar-refractivity contribution < 1.29 is 113 Å². The molecule has 16 aromatic rings. The number of aryl methyl sites for hydroxylation is 2. The molecule has 0 amide bonds. The van der Waals surface area contributed by atoms with Gasteiger partial charge in [0.25, 0.3) is 23.5 Å². The first-order valence-electron chi connectivity index (χ1n) is 34.4. The van der Waals surface area contributed by atoms with Crippen LogP contribution in [0.1, 0.15) is 70.5 Å². The first-order chi connectivity index (χ1) is 55.6. The van der Waals surface area contributed by atoms with E-state index >= 15 is 0 Å². The number of fused-ring (bicyclic) bond motifs is 4. The van der Waals surface area contributed by atoms with Crippen LogP contribution in [0.2, 0.25) is 0 Å². The van der Waals surface area contributed by atoms with Crippen molar-refractivity contribution in [3.8, 4) is 91.0 Å². The van der Waals surface area contributed by atoms with E-state index in [-0.39, 0.29) is 48.7 Å². The highest BCUT2D eigenvalue weighted by Crippen LogP contribution is 2.43. The number of alkyl halides is 12. The fourth-order valence-corrected chi connectivity index (χ4v) is 12.1. The summed E-state index contributed by atoms with van der Waals surface area (Å²) in [6.45, 7) is 5.97. The van der Waals surface area contributed by atoms with Gasteiger partial charge in [-0.2, -0.15) is 0 Å². The van der Waals surface area contributed by atoms with Crippen LogP contribution in [-0.2, 0) is 19.8 Å². The fraction of sp³-hybridized carbons (Fsp3) is 0.177. The second-order valence-corrected chi connectivity index (χ2v) is 26.2. The molecule has 17 rings (SSSR count). The highest BCUT2D eigenvalue weighted by Gasteiger charge is 2.34. The number of benzene rings is 8. The number of aromatic nitrogens is 11. The van der Waals surface area contributed by atoms with Crippen LogP contribution >= 0.6 is 11.3 Å². The summed E-state index contributed by atoms with van der Waals surface area (Å²) in [5.41, 5.74) is 10.1. The minimum absolute atomic E-state index is 0.170. The molecule has 8 heterocycles. The van der Waals surface area contributed by atoms with Crippen LogP contribution in [-0.4, -0.2) is 81.2 Å². The molecule has 1 unspecified atom stereocenters. The summed E-state index contributed by atoms with van der Waals surface area (Å²) in [5.74, 6) is 1.68. The van der Waals surface area contributed by atoms with Gasteiger partial charge in [0.05, 0.1) is 51.0 Å². The van der Waals surface area contributed by atoms with Crippen LogP contribution in [0.15, 0.2) is 230 Å². The van der Waals surface area contributed by atoms with Gasteiger partial charge in [0.1, 0.15) is 53.6 Å². The molecule has 37 heteroatoms. The Balaban J connectivity index is 0.000000128. The first kappa shape index (κ1) is 78.8. The average molecular weight is 1630 g/mol. The molecule has 0 spiro atoms. The molecule has 24 nitrogen and oxygen atoms in total. The standard InChI is InChI=1S/C20H14F3N3O3S.C20H14F3N3O3.C20H15F3N2O4.C19H12F3N3O3/c21-20(22,23)28-14-6-3-11(4-7-14)13-5-8-16-15(9-13)18(26-29-16)27-10-17-24-25-19(30-17)12-1-2-12;1-12-17(25-9-8-24-12)11-27-19-16-10-14(4-7-18(16)29-26-19)13-2-5-15(6-3-13)28-20(21,22)23;1-11-10-24-18(26-11)12(2)27-19-16-9-14(5-8-17(16)29-25-19)13-3-6-15(7-4-13)28-20(21,22)23;20-19(21,22)27-15-4-1-12(2-5-15)13-3-6-17-16(9-13)18(25-28-17)26-11-14-10-23-7-8-24-14/h3-9,12H,1-2,10H2;2-10H,11H2,1H3;3-10,12H,1-2H3;1-10H,11H2. The van der Waals surface area contributed by atoms with Gasteiger partial charge in [-0.25, -0.2) is 4.98 Å². The molecule has 8 aromatic heterocycles. The third-order valence-electron chi connectivity index (χ3n) is 16.8. The van der Waals surface area contributed by atoms with Gasteiger partial charge in [-0.1, -0.05) is 84.1 Å². The third kappa shape index (κ3) is 20.9. The van der Waals surface area contributed by atoms with Gasteiger partial charge < -0.3 is 60.4 Å². The number of ether oxygens (including phenoxy) is 8. The van der Waals surface area contributed by atoms with Crippen molar-refractivity contribution >= 4 is 55.2 Å². The SMILES string of the molecule is Cc1cnc(C(C)Oc2noc3ccc(-c4ccc(OC(F)(F)F)cc4)cc23)o1.Cc1nccnc1COc1noc2ccc(-c3ccc(OC(F)(F)F)cc3)cc12.FC(F)(F)Oc1ccc(-c2ccc3onc(OCc4cnccn4)c3c2)cc1.FC(F)(F)Oc1ccc(-c2ccc3onc(OCc4nnc(C5CC5)s4)c3c2)cc1. The Labute approximate surface area is 649 Å². The summed E-state index contributed by atoms with van der Waals surface area (Å²) in [6.07, 6.45) is -7.58. The van der Waals surface area contributed by atoms with Crippen molar-refractivity contribution in [1.29, 1.82) is 0 Å². The van der Waals surface area contributed by atoms with E-state index in [2.05, 4.69) is 74.7 Å². The molecule has 1 fully saturated rings. The lowest BCUT2D eigenvalue weighted by Crippen LogP contribution is -2.16. The lowest BCUT2D eigenvalue weighted by molar-refractivity contribution is -0.275.